The van der Waals surface area contributed by atoms with Gasteiger partial charge in [0.25, 0.3) is 0 Å². The van der Waals surface area contributed by atoms with Crippen LogP contribution in [0, 0.1) is 5.41 Å². The number of aromatic nitrogens is 2. The Labute approximate surface area is 107 Å². The number of aliphatic hydroxyl groups excluding tert-OH is 1. The summed E-state index contributed by atoms with van der Waals surface area (Å²) in [4.78, 5) is 11.7. The molecule has 1 aromatic rings. The maximum absolute atomic E-state index is 11.7. The Morgan fingerprint density at radius 3 is 2.72 bits per heavy atom. The van der Waals surface area contributed by atoms with Gasteiger partial charge in [-0.1, -0.05) is 20.8 Å². The van der Waals surface area contributed by atoms with Crippen LogP contribution in [0.3, 0.4) is 0 Å². The van der Waals surface area contributed by atoms with E-state index in [2.05, 4.69) is 15.7 Å². The van der Waals surface area contributed by atoms with E-state index in [-0.39, 0.29) is 18.1 Å². The maximum atomic E-state index is 11.7. The van der Waals surface area contributed by atoms with Gasteiger partial charge in [-0.25, -0.2) is 4.79 Å². The molecule has 0 spiro atoms. The summed E-state index contributed by atoms with van der Waals surface area (Å²) in [5.74, 6) is 0.658. The summed E-state index contributed by atoms with van der Waals surface area (Å²) in [7, 11) is 1.78. The minimum atomic E-state index is -0.321. The van der Waals surface area contributed by atoms with Gasteiger partial charge >= 0.3 is 6.03 Å². The van der Waals surface area contributed by atoms with Crippen molar-refractivity contribution < 1.29 is 9.90 Å². The Kier molecular flexibility index (Phi) is 4.72. The molecule has 3 N–H and O–H groups in total. The average molecular weight is 254 g/mol. The van der Waals surface area contributed by atoms with Crippen molar-refractivity contribution in [3.8, 4) is 0 Å². The third-order valence-electron chi connectivity index (χ3n) is 2.69. The summed E-state index contributed by atoms with van der Waals surface area (Å²) >= 11 is 0. The summed E-state index contributed by atoms with van der Waals surface area (Å²) < 4.78 is 1.63. The topological polar surface area (TPSA) is 79.2 Å². The third kappa shape index (κ3) is 4.03. The first kappa shape index (κ1) is 14.5. The number of nitrogens with one attached hydrogen (secondary N) is 2. The summed E-state index contributed by atoms with van der Waals surface area (Å²) in [5.41, 5.74) is 0.613. The van der Waals surface area contributed by atoms with Crippen molar-refractivity contribution in [2.45, 2.75) is 27.2 Å². The summed E-state index contributed by atoms with van der Waals surface area (Å²) in [6, 6.07) is 1.55. The van der Waals surface area contributed by atoms with Gasteiger partial charge in [0, 0.05) is 31.7 Å². The zero-order chi connectivity index (χ0) is 13.8. The van der Waals surface area contributed by atoms with Crippen LogP contribution in [0.5, 0.6) is 0 Å². The zero-order valence-corrected chi connectivity index (χ0v) is 11.4. The van der Waals surface area contributed by atoms with E-state index in [0.717, 1.165) is 12.1 Å². The molecule has 0 aromatic carbocycles. The van der Waals surface area contributed by atoms with Crippen LogP contribution in [0.4, 0.5) is 10.6 Å². The van der Waals surface area contributed by atoms with E-state index < -0.39 is 0 Å². The number of aliphatic hydroxyl groups is 1. The van der Waals surface area contributed by atoms with E-state index in [1.54, 1.807) is 11.7 Å². The first-order chi connectivity index (χ1) is 8.38. The number of anilines is 1. The molecule has 1 heterocycles. The molecule has 0 fully saturated rings. The highest BCUT2D eigenvalue weighted by Crippen LogP contribution is 2.12. The molecule has 1 rings (SSSR count). The molecule has 0 atom stereocenters. The molecule has 6 nitrogen and oxygen atoms in total. The number of amides is 2. The van der Waals surface area contributed by atoms with Crippen molar-refractivity contribution in [2.24, 2.45) is 12.5 Å². The molecule has 1 aromatic heterocycles. The molecule has 102 valence electrons. The lowest BCUT2D eigenvalue weighted by molar-refractivity contribution is 0.158. The molecule has 0 aliphatic carbocycles. The SMILES string of the molecule is CCc1cc(NC(=O)NCC(C)(C)CO)n(C)n1. The third-order valence-corrected chi connectivity index (χ3v) is 2.69. The fourth-order valence-electron chi connectivity index (χ4n) is 1.35. The van der Waals surface area contributed by atoms with Gasteiger partial charge in [-0.3, -0.25) is 10.00 Å². The fourth-order valence-corrected chi connectivity index (χ4v) is 1.35. The number of hydrogen-bond acceptors (Lipinski definition) is 3. The Hall–Kier alpha value is -1.56. The second-order valence-electron chi connectivity index (χ2n) is 5.13. The molecule has 0 saturated carbocycles. The van der Waals surface area contributed by atoms with Gasteiger partial charge in [-0.15, -0.1) is 0 Å². The molecule has 0 saturated heterocycles. The van der Waals surface area contributed by atoms with Gasteiger partial charge in [0.2, 0.25) is 0 Å². The Morgan fingerprint density at radius 1 is 1.56 bits per heavy atom. The second kappa shape index (κ2) is 5.86. The minimum Gasteiger partial charge on any atom is -0.396 e. The van der Waals surface area contributed by atoms with Crippen LogP contribution in [0.25, 0.3) is 0 Å². The van der Waals surface area contributed by atoms with Crippen LogP contribution in [0.2, 0.25) is 0 Å². The predicted octanol–water partition coefficient (Wildman–Crippen LogP) is 1.12. The van der Waals surface area contributed by atoms with Crippen molar-refractivity contribution in [2.75, 3.05) is 18.5 Å². The zero-order valence-electron chi connectivity index (χ0n) is 11.4. The summed E-state index contributed by atoms with van der Waals surface area (Å²) in [6.07, 6.45) is 0.828. The minimum absolute atomic E-state index is 0.0268. The largest absolute Gasteiger partial charge is 0.396 e. The molecular weight excluding hydrogens is 232 g/mol. The first-order valence-corrected chi connectivity index (χ1v) is 6.06. The van der Waals surface area contributed by atoms with Crippen molar-refractivity contribution in [3.63, 3.8) is 0 Å². The van der Waals surface area contributed by atoms with Gasteiger partial charge in [0.05, 0.1) is 5.69 Å². The molecular formula is C12H22N4O2. The van der Waals surface area contributed by atoms with Crippen LogP contribution >= 0.6 is 0 Å². The fraction of sp³-hybridized carbons (Fsp3) is 0.667. The van der Waals surface area contributed by atoms with Gasteiger partial charge < -0.3 is 10.4 Å². The highest BCUT2D eigenvalue weighted by molar-refractivity contribution is 5.88. The molecule has 0 bridgehead atoms. The molecule has 0 aliphatic rings. The van der Waals surface area contributed by atoms with Gasteiger partial charge in [0.15, 0.2) is 0 Å². The normalized spacial score (nSPS) is 11.4. The number of carbonyl (C=O) groups excluding carboxylic acids is 1. The van der Waals surface area contributed by atoms with E-state index >= 15 is 0 Å². The van der Waals surface area contributed by atoms with Crippen LogP contribution < -0.4 is 10.6 Å². The van der Waals surface area contributed by atoms with Crippen LogP contribution in [0.1, 0.15) is 26.5 Å². The predicted molar refractivity (Wildman–Crippen MR) is 70.5 cm³/mol. The van der Waals surface area contributed by atoms with E-state index in [1.165, 1.54) is 0 Å². The Bertz CT molecular complexity index is 412. The highest BCUT2D eigenvalue weighted by atomic mass is 16.3. The molecule has 6 heteroatoms. The van der Waals surface area contributed by atoms with Crippen LogP contribution in [0.15, 0.2) is 6.07 Å². The van der Waals surface area contributed by atoms with Crippen LogP contribution in [-0.2, 0) is 13.5 Å². The highest BCUT2D eigenvalue weighted by Gasteiger charge is 2.17. The van der Waals surface area contributed by atoms with Gasteiger partial charge in [-0.05, 0) is 6.42 Å². The van der Waals surface area contributed by atoms with E-state index in [4.69, 9.17) is 5.11 Å². The van der Waals surface area contributed by atoms with Crippen molar-refractivity contribution in [1.82, 2.24) is 15.1 Å². The number of carbonyl (C=O) groups is 1. The second-order valence-corrected chi connectivity index (χ2v) is 5.13. The van der Waals surface area contributed by atoms with Gasteiger partial charge in [0.1, 0.15) is 5.82 Å². The average Bonchev–Trinajstić information content (AvgIpc) is 2.68. The molecule has 2 amide bonds. The van der Waals surface area contributed by atoms with E-state index in [1.807, 2.05) is 26.8 Å². The smallest absolute Gasteiger partial charge is 0.320 e. The lowest BCUT2D eigenvalue weighted by Crippen LogP contribution is -2.38. The Balaban J connectivity index is 2.52. The summed E-state index contributed by atoms with van der Waals surface area (Å²) in [5, 5.41) is 18.8. The maximum Gasteiger partial charge on any atom is 0.320 e. The molecule has 0 aliphatic heterocycles. The number of aryl methyl sites for hydroxylation is 2. The van der Waals surface area contributed by atoms with Crippen molar-refractivity contribution in [3.05, 3.63) is 11.8 Å². The lowest BCUT2D eigenvalue weighted by atomic mass is 9.95. The van der Waals surface area contributed by atoms with Crippen molar-refractivity contribution in [1.29, 1.82) is 0 Å². The first-order valence-electron chi connectivity index (χ1n) is 6.06. The molecule has 18 heavy (non-hydrogen) atoms. The van der Waals surface area contributed by atoms with E-state index in [0.29, 0.717) is 12.4 Å². The number of rotatable bonds is 5. The quantitative estimate of drug-likeness (QED) is 0.736. The van der Waals surface area contributed by atoms with Crippen LogP contribution in [-0.4, -0.2) is 34.1 Å². The standard InChI is InChI=1S/C12H22N4O2/c1-5-9-6-10(16(4)15-9)14-11(18)13-7-12(2,3)8-17/h6,17H,5,7-8H2,1-4H3,(H2,13,14,18). The number of urea groups is 1. The van der Waals surface area contributed by atoms with E-state index in [9.17, 15) is 4.79 Å². The summed E-state index contributed by atoms with van der Waals surface area (Å²) in [6.45, 7) is 6.21. The monoisotopic (exact) mass is 254 g/mol. The number of nitrogens with zero attached hydrogens (tertiary/aromatic N) is 2. The number of hydrogen-bond donors (Lipinski definition) is 3. The van der Waals surface area contributed by atoms with Gasteiger partial charge in [-0.2, -0.15) is 5.10 Å². The Morgan fingerprint density at radius 2 is 2.22 bits per heavy atom. The molecule has 0 radical (unpaired) electrons. The van der Waals surface area contributed by atoms with Crippen molar-refractivity contribution >= 4 is 11.8 Å². The lowest BCUT2D eigenvalue weighted by Gasteiger charge is -2.21. The molecule has 0 unspecified atom stereocenters.